The number of benzene rings is 1. The number of likely N-dealkylation sites (tertiary alicyclic amines) is 1. The fourth-order valence-electron chi connectivity index (χ4n) is 6.32. The minimum atomic E-state index is -4.78. The van der Waals surface area contributed by atoms with Gasteiger partial charge in [-0.05, 0) is 67.5 Å². The van der Waals surface area contributed by atoms with Crippen LogP contribution in [-0.2, 0) is 19.8 Å². The van der Waals surface area contributed by atoms with E-state index in [1.807, 2.05) is 17.7 Å². The molecule has 0 radical (unpaired) electrons. The molecule has 0 unspecified atom stereocenters. The minimum absolute atomic E-state index is 0.00747. The average molecular weight is 593 g/mol. The Kier molecular flexibility index (Phi) is 7.19. The first-order valence-electron chi connectivity index (χ1n) is 14.0. The van der Waals surface area contributed by atoms with Gasteiger partial charge < -0.3 is 4.57 Å². The summed E-state index contributed by atoms with van der Waals surface area (Å²) < 4.78 is 86.6. The Balaban J connectivity index is 1.39. The monoisotopic (exact) mass is 592 g/mol. The lowest BCUT2D eigenvalue weighted by Gasteiger charge is -2.33. The number of aromatic nitrogens is 5. The third kappa shape index (κ3) is 5.34. The van der Waals surface area contributed by atoms with Crippen LogP contribution in [0.2, 0.25) is 0 Å². The molecule has 0 amide bonds. The van der Waals surface area contributed by atoms with Crippen LogP contribution in [0.5, 0.6) is 0 Å². The lowest BCUT2D eigenvalue weighted by atomic mass is 9.72. The van der Waals surface area contributed by atoms with Crippen molar-refractivity contribution in [3.05, 3.63) is 82.1 Å². The molecule has 1 aromatic carbocycles. The van der Waals surface area contributed by atoms with Gasteiger partial charge in [0.2, 0.25) is 0 Å². The van der Waals surface area contributed by atoms with Gasteiger partial charge in [-0.3, -0.25) is 13.9 Å². The van der Waals surface area contributed by atoms with Crippen LogP contribution in [0, 0.1) is 11.8 Å². The maximum absolute atomic E-state index is 14.2. The molecule has 224 valence electrons. The van der Waals surface area contributed by atoms with Crippen LogP contribution < -0.4 is 5.69 Å². The number of aryl methyl sites for hydroxylation is 1. The Morgan fingerprint density at radius 2 is 1.81 bits per heavy atom. The van der Waals surface area contributed by atoms with E-state index in [1.54, 1.807) is 24.5 Å². The van der Waals surface area contributed by atoms with Crippen LogP contribution in [0.25, 0.3) is 11.2 Å². The van der Waals surface area contributed by atoms with Crippen molar-refractivity contribution in [1.29, 1.82) is 0 Å². The lowest BCUT2D eigenvalue weighted by molar-refractivity contribution is -0.187. The Hall–Kier alpha value is -3.61. The molecule has 1 aliphatic heterocycles. The molecule has 3 aromatic heterocycles. The maximum atomic E-state index is 14.2. The van der Waals surface area contributed by atoms with Gasteiger partial charge in [-0.15, -0.1) is 10.2 Å². The number of fused-ring (bicyclic) bond motifs is 1. The van der Waals surface area contributed by atoms with Gasteiger partial charge >= 0.3 is 18.0 Å². The number of piperidine rings is 1. The van der Waals surface area contributed by atoms with E-state index in [0.717, 1.165) is 41.1 Å². The van der Waals surface area contributed by atoms with Gasteiger partial charge in [0.05, 0.1) is 22.7 Å². The normalized spacial score (nSPS) is 19.7. The third-order valence-corrected chi connectivity index (χ3v) is 8.66. The lowest BCUT2D eigenvalue weighted by Crippen LogP contribution is -2.41. The van der Waals surface area contributed by atoms with Crippen molar-refractivity contribution in [2.75, 3.05) is 13.1 Å². The highest BCUT2D eigenvalue weighted by Crippen LogP contribution is 2.43. The topological polar surface area (TPSA) is 60.4 Å². The summed E-state index contributed by atoms with van der Waals surface area (Å²) in [4.78, 5) is 15.1. The highest BCUT2D eigenvalue weighted by molar-refractivity contribution is 5.58. The second-order valence-corrected chi connectivity index (χ2v) is 11.5. The second kappa shape index (κ2) is 10.6. The number of rotatable bonds is 6. The van der Waals surface area contributed by atoms with E-state index in [-0.39, 0.29) is 36.5 Å². The largest absolute Gasteiger partial charge is 0.418 e. The van der Waals surface area contributed by atoms with Crippen LogP contribution >= 0.6 is 0 Å². The van der Waals surface area contributed by atoms with E-state index in [0.29, 0.717) is 24.6 Å². The first-order valence-corrected chi connectivity index (χ1v) is 14.0. The molecule has 42 heavy (non-hydrogen) atoms. The molecule has 1 saturated carbocycles. The van der Waals surface area contributed by atoms with Crippen molar-refractivity contribution < 1.29 is 26.3 Å². The fraction of sp³-hybridized carbons (Fsp3) is 0.483. The van der Waals surface area contributed by atoms with Crippen molar-refractivity contribution >= 4 is 5.52 Å². The van der Waals surface area contributed by atoms with Crippen LogP contribution in [0.15, 0.2) is 53.8 Å². The quantitative estimate of drug-likeness (QED) is 0.260. The number of hydrogen-bond acceptors (Lipinski definition) is 4. The SMILES string of the molecule is Cn1cnnc1[C@@H](c1cccc(-n2cc3c(C(F)(F)F)cc(CN4CCC[C@H](C(F)(F)F)C4)cn3c2=O)c1)C1CCC1. The van der Waals surface area contributed by atoms with Gasteiger partial charge in [-0.2, -0.15) is 26.3 Å². The zero-order valence-electron chi connectivity index (χ0n) is 22.9. The van der Waals surface area contributed by atoms with E-state index in [4.69, 9.17) is 0 Å². The molecule has 2 fully saturated rings. The van der Waals surface area contributed by atoms with Gasteiger partial charge in [0.1, 0.15) is 12.2 Å². The predicted molar refractivity (Wildman–Crippen MR) is 142 cm³/mol. The molecule has 6 rings (SSSR count). The molecule has 13 heteroatoms. The minimum Gasteiger partial charge on any atom is -0.320 e. The number of halogens is 6. The summed E-state index contributed by atoms with van der Waals surface area (Å²) in [5.41, 5.74) is -0.609. The van der Waals surface area contributed by atoms with Gasteiger partial charge in [-0.1, -0.05) is 18.6 Å². The zero-order valence-corrected chi connectivity index (χ0v) is 22.9. The van der Waals surface area contributed by atoms with Crippen molar-refractivity contribution in [3.63, 3.8) is 0 Å². The van der Waals surface area contributed by atoms with Gasteiger partial charge in [-0.25, -0.2) is 4.79 Å². The summed E-state index contributed by atoms with van der Waals surface area (Å²) in [6.45, 7) is -0.0822. The van der Waals surface area contributed by atoms with Crippen LogP contribution in [0.4, 0.5) is 26.3 Å². The molecular formula is C29H30F6N6O. The second-order valence-electron chi connectivity index (χ2n) is 11.5. The number of hydrogen-bond donors (Lipinski definition) is 0. The van der Waals surface area contributed by atoms with E-state index in [1.165, 1.54) is 21.9 Å². The maximum Gasteiger partial charge on any atom is 0.418 e. The molecule has 2 atom stereocenters. The standard InChI is InChI=1S/C29H30F6N6O/c1-38-17-36-37-26(38)25(19-5-2-6-19)20-7-3-9-22(12-20)40-16-24-23(29(33,34)35)11-18(14-41(24)27(40)42)13-39-10-4-8-21(15-39)28(30,31)32/h3,7,9,11-12,14,16-17,19,21,25H,2,4-6,8,10,13,15H2,1H3/t21-,25+/m0/s1. The zero-order chi connectivity index (χ0) is 29.8. The Morgan fingerprint density at radius 1 is 1.02 bits per heavy atom. The first kappa shape index (κ1) is 28.5. The van der Waals surface area contributed by atoms with Crippen molar-refractivity contribution in [2.45, 2.75) is 56.9 Å². The van der Waals surface area contributed by atoms with Gasteiger partial charge in [0.15, 0.2) is 0 Å². The molecule has 4 heterocycles. The highest BCUT2D eigenvalue weighted by atomic mass is 19.4. The fourth-order valence-corrected chi connectivity index (χ4v) is 6.32. The number of pyridine rings is 1. The van der Waals surface area contributed by atoms with Crippen LogP contribution in [-0.4, -0.2) is 47.9 Å². The van der Waals surface area contributed by atoms with E-state index >= 15 is 0 Å². The third-order valence-electron chi connectivity index (χ3n) is 8.66. The highest BCUT2D eigenvalue weighted by Gasteiger charge is 2.42. The van der Waals surface area contributed by atoms with E-state index in [2.05, 4.69) is 10.2 Å². The summed E-state index contributed by atoms with van der Waals surface area (Å²) in [7, 11) is 1.86. The number of alkyl halides is 6. The van der Waals surface area contributed by atoms with Gasteiger partial charge in [0.25, 0.3) is 0 Å². The first-order chi connectivity index (χ1) is 19.9. The molecule has 7 nitrogen and oxygen atoms in total. The molecule has 0 spiro atoms. The van der Waals surface area contributed by atoms with Crippen molar-refractivity contribution in [1.82, 2.24) is 28.6 Å². The predicted octanol–water partition coefficient (Wildman–Crippen LogP) is 5.94. The Bertz CT molecular complexity index is 1650. The molecule has 1 saturated heterocycles. The summed E-state index contributed by atoms with van der Waals surface area (Å²) in [5, 5.41) is 8.33. The molecular weight excluding hydrogens is 562 g/mol. The number of imidazole rings is 1. The molecule has 1 aliphatic carbocycles. The van der Waals surface area contributed by atoms with Gasteiger partial charge in [0, 0.05) is 38.4 Å². The number of nitrogens with zero attached hydrogens (tertiary/aromatic N) is 6. The van der Waals surface area contributed by atoms with E-state index < -0.39 is 29.5 Å². The summed E-state index contributed by atoms with van der Waals surface area (Å²) >= 11 is 0. The smallest absolute Gasteiger partial charge is 0.320 e. The molecule has 4 aromatic rings. The molecule has 2 aliphatic rings. The van der Waals surface area contributed by atoms with Crippen molar-refractivity contribution in [3.8, 4) is 5.69 Å². The summed E-state index contributed by atoms with van der Waals surface area (Å²) in [6.07, 6.45) is -1.64. The molecule has 0 N–H and O–H groups in total. The average Bonchev–Trinajstić information content (AvgIpc) is 3.47. The summed E-state index contributed by atoms with van der Waals surface area (Å²) in [6, 6.07) is 8.10. The van der Waals surface area contributed by atoms with E-state index in [9.17, 15) is 31.1 Å². The van der Waals surface area contributed by atoms with Crippen molar-refractivity contribution in [2.24, 2.45) is 18.9 Å². The van der Waals surface area contributed by atoms with Crippen LogP contribution in [0.3, 0.4) is 0 Å². The molecule has 0 bridgehead atoms. The summed E-state index contributed by atoms with van der Waals surface area (Å²) in [5.74, 6) is -0.500. The Labute approximate surface area is 237 Å². The van der Waals surface area contributed by atoms with Crippen LogP contribution in [0.1, 0.15) is 60.5 Å². The Morgan fingerprint density at radius 3 is 2.45 bits per heavy atom.